The number of fused-ring (bicyclic) bond motifs is 1. The van der Waals surface area contributed by atoms with E-state index < -0.39 is 0 Å². The molecule has 7 heteroatoms. The minimum atomic E-state index is 0.429. The van der Waals surface area contributed by atoms with Crippen LogP contribution in [-0.2, 0) is 0 Å². The van der Waals surface area contributed by atoms with E-state index >= 15 is 0 Å². The van der Waals surface area contributed by atoms with E-state index in [1.807, 2.05) is 24.3 Å². The Kier molecular flexibility index (Phi) is 3.39. The summed E-state index contributed by atoms with van der Waals surface area (Å²) in [6.07, 6.45) is 1.70. The smallest absolute Gasteiger partial charge is 0.184 e. The van der Waals surface area contributed by atoms with Gasteiger partial charge in [0.15, 0.2) is 10.4 Å². The number of pyridine rings is 1. The molecular weight excluding hydrogens is 369 g/mol. The second-order valence-electron chi connectivity index (χ2n) is 3.83. The Labute approximate surface area is 132 Å². The van der Waals surface area contributed by atoms with Crippen molar-refractivity contribution >= 4 is 62.5 Å². The van der Waals surface area contributed by atoms with E-state index in [-0.39, 0.29) is 0 Å². The van der Waals surface area contributed by atoms with Crippen LogP contribution in [-0.4, -0.2) is 14.5 Å². The normalized spacial score (nSPS) is 11.1. The highest BCUT2D eigenvalue weighted by Gasteiger charge is 2.14. The van der Waals surface area contributed by atoms with Gasteiger partial charge in [-0.2, -0.15) is 0 Å². The lowest BCUT2D eigenvalue weighted by Crippen LogP contribution is -1.97. The predicted molar refractivity (Wildman–Crippen MR) is 84.0 cm³/mol. The van der Waals surface area contributed by atoms with E-state index in [2.05, 4.69) is 25.9 Å². The minimum absolute atomic E-state index is 0.429. The van der Waals surface area contributed by atoms with Gasteiger partial charge < -0.3 is 4.98 Å². The third-order valence-electron chi connectivity index (χ3n) is 2.70. The number of imidazole rings is 1. The molecule has 3 nitrogen and oxygen atoms in total. The number of benzene rings is 1. The highest BCUT2D eigenvalue weighted by Crippen LogP contribution is 2.35. The number of halogens is 3. The Hall–Kier alpha value is -0.880. The lowest BCUT2D eigenvalue weighted by molar-refractivity contribution is 1.04. The summed E-state index contributed by atoms with van der Waals surface area (Å²) in [7, 11) is 0. The lowest BCUT2D eigenvalue weighted by atomic mass is 10.3. The van der Waals surface area contributed by atoms with Gasteiger partial charge >= 0.3 is 0 Å². The Balaban J connectivity index is 2.40. The van der Waals surface area contributed by atoms with Gasteiger partial charge in [0.05, 0.1) is 21.2 Å². The van der Waals surface area contributed by atoms with E-state index in [1.54, 1.807) is 10.8 Å². The highest BCUT2D eigenvalue weighted by atomic mass is 79.9. The van der Waals surface area contributed by atoms with Crippen LogP contribution in [0.15, 0.2) is 34.9 Å². The molecule has 0 aliphatic rings. The number of nitrogens with one attached hydrogen (secondary N) is 1. The largest absolute Gasteiger partial charge is 0.329 e. The van der Waals surface area contributed by atoms with E-state index in [0.29, 0.717) is 26.2 Å². The van der Waals surface area contributed by atoms with E-state index in [0.717, 1.165) is 9.99 Å². The number of aromatic amines is 1. The first-order chi connectivity index (χ1) is 9.09. The number of hydrogen-bond donors (Lipinski definition) is 1. The number of H-pyrrole nitrogens is 1. The zero-order valence-electron chi connectivity index (χ0n) is 9.32. The van der Waals surface area contributed by atoms with Crippen LogP contribution in [0.5, 0.6) is 0 Å². The summed E-state index contributed by atoms with van der Waals surface area (Å²) in [4.78, 5) is 7.41. The van der Waals surface area contributed by atoms with Gasteiger partial charge in [-0.05, 0) is 52.4 Å². The molecule has 96 valence electrons. The van der Waals surface area contributed by atoms with Gasteiger partial charge in [0.25, 0.3) is 0 Å². The van der Waals surface area contributed by atoms with Gasteiger partial charge in [-0.15, -0.1) is 0 Å². The summed E-state index contributed by atoms with van der Waals surface area (Å²) in [5, 5.41) is 0.880. The number of rotatable bonds is 1. The van der Waals surface area contributed by atoms with Crippen molar-refractivity contribution < 1.29 is 0 Å². The zero-order valence-corrected chi connectivity index (χ0v) is 13.2. The molecule has 0 saturated carbocycles. The van der Waals surface area contributed by atoms with E-state index in [4.69, 9.17) is 35.4 Å². The van der Waals surface area contributed by atoms with Crippen LogP contribution in [0, 0.1) is 4.77 Å². The molecule has 0 spiro atoms. The molecule has 3 rings (SSSR count). The molecule has 0 aliphatic carbocycles. The Morgan fingerprint density at radius 2 is 2.00 bits per heavy atom. The minimum Gasteiger partial charge on any atom is -0.329 e. The molecule has 0 aliphatic heterocycles. The quantitative estimate of drug-likeness (QED) is 0.471. The first kappa shape index (κ1) is 13.1. The van der Waals surface area contributed by atoms with Crippen LogP contribution < -0.4 is 0 Å². The average molecular weight is 375 g/mol. The van der Waals surface area contributed by atoms with Gasteiger partial charge in [-0.3, -0.25) is 4.57 Å². The standard InChI is InChI=1S/C12H6BrCl2N3S/c13-6-3-4-8(10(15)9(6)14)18-11-7(17-12(18)19)2-1-5-16-11/h1-5H,(H,17,19). The predicted octanol–water partition coefficient (Wildman–Crippen LogP) is 5.15. The van der Waals surface area contributed by atoms with Crippen molar-refractivity contribution in [1.82, 2.24) is 14.5 Å². The van der Waals surface area contributed by atoms with Gasteiger partial charge in [-0.1, -0.05) is 23.2 Å². The summed E-state index contributed by atoms with van der Waals surface area (Å²) in [5.74, 6) is 0. The van der Waals surface area contributed by atoms with E-state index in [9.17, 15) is 0 Å². The third kappa shape index (κ3) is 2.10. The lowest BCUT2D eigenvalue weighted by Gasteiger charge is -2.08. The van der Waals surface area contributed by atoms with Crippen molar-refractivity contribution in [3.63, 3.8) is 0 Å². The van der Waals surface area contributed by atoms with Gasteiger partial charge in [0, 0.05) is 10.7 Å². The summed E-state index contributed by atoms with van der Waals surface area (Å²) >= 11 is 21.1. The van der Waals surface area contributed by atoms with Crippen LogP contribution in [0.1, 0.15) is 0 Å². The molecule has 0 bridgehead atoms. The van der Waals surface area contributed by atoms with Gasteiger partial charge in [0.2, 0.25) is 0 Å². The highest BCUT2D eigenvalue weighted by molar-refractivity contribution is 9.10. The summed E-state index contributed by atoms with van der Waals surface area (Å²) in [6.45, 7) is 0. The van der Waals surface area contributed by atoms with E-state index in [1.165, 1.54) is 0 Å². The summed E-state index contributed by atoms with van der Waals surface area (Å²) in [6, 6.07) is 7.42. The maximum absolute atomic E-state index is 6.29. The molecular formula is C12H6BrCl2N3S. The second kappa shape index (κ2) is 4.90. The van der Waals surface area contributed by atoms with Crippen molar-refractivity contribution in [2.24, 2.45) is 0 Å². The Morgan fingerprint density at radius 3 is 2.79 bits per heavy atom. The first-order valence-electron chi connectivity index (χ1n) is 5.29. The number of hydrogen-bond acceptors (Lipinski definition) is 2. The van der Waals surface area contributed by atoms with Crippen molar-refractivity contribution in [1.29, 1.82) is 0 Å². The molecule has 2 aromatic heterocycles. The van der Waals surface area contributed by atoms with Crippen LogP contribution in [0.3, 0.4) is 0 Å². The number of aromatic nitrogens is 3. The molecule has 3 aromatic rings. The molecule has 0 radical (unpaired) electrons. The molecule has 2 heterocycles. The summed E-state index contributed by atoms with van der Waals surface area (Å²) < 4.78 is 3.03. The van der Waals surface area contributed by atoms with Gasteiger partial charge in [-0.25, -0.2) is 4.98 Å². The van der Waals surface area contributed by atoms with Crippen LogP contribution in [0.4, 0.5) is 0 Å². The first-order valence-corrected chi connectivity index (χ1v) is 7.25. The van der Waals surface area contributed by atoms with Crippen molar-refractivity contribution in [3.8, 4) is 5.69 Å². The fourth-order valence-corrected chi connectivity index (χ4v) is 3.00. The zero-order chi connectivity index (χ0) is 13.6. The molecule has 0 fully saturated rings. The Bertz CT molecular complexity index is 841. The molecule has 0 unspecified atom stereocenters. The fraction of sp³-hybridized carbons (Fsp3) is 0. The maximum atomic E-state index is 6.29. The number of nitrogens with zero attached hydrogens (tertiary/aromatic N) is 2. The molecule has 0 amide bonds. The molecule has 19 heavy (non-hydrogen) atoms. The Morgan fingerprint density at radius 1 is 1.21 bits per heavy atom. The summed E-state index contributed by atoms with van der Waals surface area (Å²) in [5.41, 5.74) is 2.26. The topological polar surface area (TPSA) is 33.6 Å². The van der Waals surface area contributed by atoms with Crippen molar-refractivity contribution in [2.75, 3.05) is 0 Å². The maximum Gasteiger partial charge on any atom is 0.184 e. The monoisotopic (exact) mass is 373 g/mol. The molecule has 1 N–H and O–H groups in total. The van der Waals surface area contributed by atoms with Gasteiger partial charge in [0.1, 0.15) is 0 Å². The second-order valence-corrected chi connectivity index (χ2v) is 5.83. The van der Waals surface area contributed by atoms with Crippen LogP contribution in [0.25, 0.3) is 16.9 Å². The van der Waals surface area contributed by atoms with Crippen molar-refractivity contribution in [3.05, 3.63) is 49.8 Å². The molecule has 0 atom stereocenters. The molecule has 1 aromatic carbocycles. The fourth-order valence-electron chi connectivity index (χ4n) is 1.85. The van der Waals surface area contributed by atoms with Crippen LogP contribution in [0.2, 0.25) is 10.0 Å². The average Bonchev–Trinajstić information content (AvgIpc) is 2.73. The van der Waals surface area contributed by atoms with Crippen molar-refractivity contribution in [2.45, 2.75) is 0 Å². The third-order valence-corrected chi connectivity index (χ3v) is 4.74. The molecule has 0 saturated heterocycles. The van der Waals surface area contributed by atoms with Crippen LogP contribution >= 0.6 is 51.3 Å². The SMILES string of the molecule is S=c1[nH]c2cccnc2n1-c1ccc(Br)c(Cl)c1Cl.